The van der Waals surface area contributed by atoms with E-state index in [1.165, 1.54) is 46.5 Å². The molecule has 2 aromatic carbocycles. The lowest BCUT2D eigenvalue weighted by Gasteiger charge is -2.37. The predicted octanol–water partition coefficient (Wildman–Crippen LogP) is 4.91. The second-order valence-corrected chi connectivity index (χ2v) is 6.86. The fourth-order valence-electron chi connectivity index (χ4n) is 3.39. The quantitative estimate of drug-likeness (QED) is 0.665. The smallest absolute Gasteiger partial charge is 0.315 e. The molecule has 0 spiro atoms. The lowest BCUT2D eigenvalue weighted by molar-refractivity contribution is 0.136. The average Bonchev–Trinajstić information content (AvgIpc) is 3.14. The summed E-state index contributed by atoms with van der Waals surface area (Å²) in [5.41, 5.74) is 1.80. The zero-order valence-corrected chi connectivity index (χ0v) is 15.1. The fraction of sp³-hybridized carbons (Fsp3) is 0.190. The van der Waals surface area contributed by atoms with Crippen LogP contribution in [0.2, 0.25) is 0 Å². The van der Waals surface area contributed by atoms with Crippen LogP contribution in [0.25, 0.3) is 10.9 Å². The Hall–Kier alpha value is -3.60. The molecule has 0 aliphatic carbocycles. The van der Waals surface area contributed by atoms with Crippen LogP contribution in [0.1, 0.15) is 23.6 Å². The van der Waals surface area contributed by atoms with Crippen LogP contribution in [0, 0.1) is 24.0 Å². The van der Waals surface area contributed by atoms with E-state index in [9.17, 15) is 18.0 Å². The van der Waals surface area contributed by atoms with Gasteiger partial charge in [0.25, 0.3) is 0 Å². The molecule has 146 valence electrons. The number of urea groups is 1. The molecule has 0 N–H and O–H groups in total. The van der Waals surface area contributed by atoms with Crippen LogP contribution in [0.15, 0.2) is 47.1 Å². The van der Waals surface area contributed by atoms with Gasteiger partial charge in [-0.2, -0.15) is 5.10 Å². The van der Waals surface area contributed by atoms with Crippen molar-refractivity contribution < 1.29 is 18.0 Å². The average molecular weight is 396 g/mol. The Kier molecular flexibility index (Phi) is 4.80. The number of rotatable bonds is 2. The molecule has 5 nitrogen and oxygen atoms in total. The number of amides is 2. The molecule has 0 bridgehead atoms. The van der Waals surface area contributed by atoms with Crippen molar-refractivity contribution in [3.63, 3.8) is 0 Å². The second-order valence-electron chi connectivity index (χ2n) is 6.86. The van der Waals surface area contributed by atoms with Crippen molar-refractivity contribution in [1.82, 2.24) is 9.91 Å². The number of halogens is 3. The maximum Gasteiger partial charge on any atom is 0.341 e. The van der Waals surface area contributed by atoms with Crippen LogP contribution >= 0.6 is 0 Å². The third kappa shape index (κ3) is 3.72. The summed E-state index contributed by atoms with van der Waals surface area (Å²) in [5.74, 6) is -1.86. The molecule has 2 aromatic rings. The first-order valence-corrected chi connectivity index (χ1v) is 8.87. The van der Waals surface area contributed by atoms with Crippen LogP contribution in [0.4, 0.5) is 23.7 Å². The van der Waals surface area contributed by atoms with E-state index in [0.717, 1.165) is 11.6 Å². The van der Waals surface area contributed by atoms with Gasteiger partial charge in [0, 0.05) is 31.8 Å². The normalized spacial score (nSPS) is 17.9. The zero-order chi connectivity index (χ0) is 20.5. The molecule has 4 rings (SSSR count). The minimum absolute atomic E-state index is 0.288. The number of likely N-dealkylation sites (tertiary alicyclic amines) is 1. The summed E-state index contributed by atoms with van der Waals surface area (Å²) in [6, 6.07) is 6.30. The third-order valence-corrected chi connectivity index (χ3v) is 4.82. The molecule has 0 aromatic heterocycles. The van der Waals surface area contributed by atoms with Crippen molar-refractivity contribution in [2.24, 2.45) is 5.10 Å². The molecule has 0 saturated carbocycles. The van der Waals surface area contributed by atoms with E-state index in [2.05, 4.69) is 9.95 Å². The predicted molar refractivity (Wildman–Crippen MR) is 102 cm³/mol. The van der Waals surface area contributed by atoms with Gasteiger partial charge in [0.05, 0.1) is 12.6 Å². The van der Waals surface area contributed by atoms with Gasteiger partial charge in [0.2, 0.25) is 0 Å². The van der Waals surface area contributed by atoms with E-state index >= 15 is 0 Å². The number of hydrazone groups is 1. The van der Waals surface area contributed by atoms with Gasteiger partial charge in [-0.1, -0.05) is 12.1 Å². The molecule has 29 heavy (non-hydrogen) atoms. The Balaban J connectivity index is 1.46. The van der Waals surface area contributed by atoms with E-state index in [0.29, 0.717) is 23.2 Å². The van der Waals surface area contributed by atoms with Crippen molar-refractivity contribution in [2.45, 2.75) is 12.5 Å². The summed E-state index contributed by atoms with van der Waals surface area (Å²) in [6.07, 6.45) is 3.52. The van der Waals surface area contributed by atoms with Gasteiger partial charge in [0.15, 0.2) is 5.69 Å². The van der Waals surface area contributed by atoms with Gasteiger partial charge < -0.3 is 4.90 Å². The highest BCUT2D eigenvalue weighted by Crippen LogP contribution is 2.32. The Labute approximate surface area is 165 Å². The zero-order valence-electron chi connectivity index (χ0n) is 15.1. The third-order valence-electron chi connectivity index (χ3n) is 4.82. The number of nitrogens with zero attached hydrogens (tertiary/aromatic N) is 4. The SMILES string of the molecule is [C-]#[N+]c1ccc(F)c(C=C2CN(C(=O)N3N=CC[C@H]3c3cc(F)cc(F)c3)C2)c1. The molecular formula is C21H15F3N4O. The topological polar surface area (TPSA) is 40.3 Å². The molecule has 2 amide bonds. The lowest BCUT2D eigenvalue weighted by Crippen LogP contribution is -2.49. The first-order valence-electron chi connectivity index (χ1n) is 8.87. The van der Waals surface area contributed by atoms with E-state index in [1.807, 2.05) is 0 Å². The van der Waals surface area contributed by atoms with Gasteiger partial charge in [-0.15, -0.1) is 0 Å². The molecule has 0 radical (unpaired) electrons. The van der Waals surface area contributed by atoms with Crippen molar-refractivity contribution in [3.05, 3.63) is 82.0 Å². The molecular weight excluding hydrogens is 381 g/mol. The van der Waals surface area contributed by atoms with Gasteiger partial charge in [0.1, 0.15) is 17.5 Å². The minimum Gasteiger partial charge on any atom is -0.315 e. The maximum absolute atomic E-state index is 13.9. The molecule has 8 heteroatoms. The van der Waals surface area contributed by atoms with Crippen LogP contribution in [-0.2, 0) is 0 Å². The first-order chi connectivity index (χ1) is 13.9. The van der Waals surface area contributed by atoms with Gasteiger partial charge in [-0.3, -0.25) is 0 Å². The Morgan fingerprint density at radius 1 is 1.14 bits per heavy atom. The summed E-state index contributed by atoms with van der Waals surface area (Å²) in [7, 11) is 0. The Bertz CT molecular complexity index is 1060. The number of benzene rings is 2. The molecule has 1 fully saturated rings. The minimum atomic E-state index is -0.711. The van der Waals surface area contributed by atoms with Crippen LogP contribution in [0.5, 0.6) is 0 Å². The van der Waals surface area contributed by atoms with E-state index in [4.69, 9.17) is 6.57 Å². The Morgan fingerprint density at radius 2 is 1.86 bits per heavy atom. The molecule has 1 saturated heterocycles. The highest BCUT2D eigenvalue weighted by molar-refractivity contribution is 5.81. The molecule has 2 heterocycles. The molecule has 2 aliphatic heterocycles. The standard InChI is InChI=1S/C21H15F3N4O/c1-25-18-2-3-19(24)14(9-18)6-13-11-27(12-13)21(29)28-20(4-5-26-28)15-7-16(22)10-17(23)8-15/h2-3,5-10,20H,4,11-12H2/t20-/m0/s1. The molecule has 2 aliphatic rings. The number of hydrogen-bond acceptors (Lipinski definition) is 2. The lowest BCUT2D eigenvalue weighted by atomic mass is 10.0. The van der Waals surface area contributed by atoms with Crippen LogP contribution in [-0.4, -0.2) is 35.2 Å². The van der Waals surface area contributed by atoms with Gasteiger partial charge >= 0.3 is 6.03 Å². The summed E-state index contributed by atoms with van der Waals surface area (Å²) in [5, 5.41) is 5.27. The number of carbonyl (C=O) groups is 1. The second kappa shape index (κ2) is 7.43. The monoisotopic (exact) mass is 396 g/mol. The molecule has 1 atom stereocenters. The highest BCUT2D eigenvalue weighted by Gasteiger charge is 2.35. The van der Waals surface area contributed by atoms with E-state index in [1.54, 1.807) is 6.08 Å². The van der Waals surface area contributed by atoms with Crippen LogP contribution in [0.3, 0.4) is 0 Å². The van der Waals surface area contributed by atoms with Gasteiger partial charge in [-0.05, 0) is 41.0 Å². The van der Waals surface area contributed by atoms with Crippen LogP contribution < -0.4 is 0 Å². The van der Waals surface area contributed by atoms with E-state index in [-0.39, 0.29) is 19.1 Å². The highest BCUT2D eigenvalue weighted by atomic mass is 19.1. The first kappa shape index (κ1) is 18.7. The number of carbonyl (C=O) groups excluding carboxylic acids is 1. The summed E-state index contributed by atoms with van der Waals surface area (Å²) in [6.45, 7) is 7.59. The summed E-state index contributed by atoms with van der Waals surface area (Å²) >= 11 is 0. The Morgan fingerprint density at radius 3 is 2.55 bits per heavy atom. The summed E-state index contributed by atoms with van der Waals surface area (Å²) < 4.78 is 41.0. The fourth-order valence-corrected chi connectivity index (χ4v) is 3.39. The maximum atomic E-state index is 13.9. The van der Waals surface area contributed by atoms with Crippen molar-refractivity contribution in [1.29, 1.82) is 0 Å². The summed E-state index contributed by atoms with van der Waals surface area (Å²) in [4.78, 5) is 17.5. The van der Waals surface area contributed by atoms with Gasteiger partial charge in [-0.25, -0.2) is 27.8 Å². The van der Waals surface area contributed by atoms with E-state index < -0.39 is 23.5 Å². The van der Waals surface area contributed by atoms with Crippen molar-refractivity contribution >= 4 is 24.0 Å². The van der Waals surface area contributed by atoms with Crippen molar-refractivity contribution in [2.75, 3.05) is 13.1 Å². The molecule has 0 unspecified atom stereocenters. The van der Waals surface area contributed by atoms with Crippen molar-refractivity contribution in [3.8, 4) is 0 Å². The number of hydrogen-bond donors (Lipinski definition) is 0. The largest absolute Gasteiger partial charge is 0.341 e.